The summed E-state index contributed by atoms with van der Waals surface area (Å²) in [4.78, 5) is 4.75. The van der Waals surface area contributed by atoms with Crippen molar-refractivity contribution in [1.82, 2.24) is 9.62 Å². The molecule has 5 nitrogen and oxygen atoms in total. The molecular formula is C15H18F3N3O2S. The third-order valence-corrected chi connectivity index (χ3v) is 4.70. The summed E-state index contributed by atoms with van der Waals surface area (Å²) in [5.41, 5.74) is -1.19. The summed E-state index contributed by atoms with van der Waals surface area (Å²) in [5, 5.41) is 0. The van der Waals surface area contributed by atoms with Crippen molar-refractivity contribution in [3.63, 3.8) is 0 Å². The quantitative estimate of drug-likeness (QED) is 0.881. The molecule has 9 heteroatoms. The number of nitrogens with zero attached hydrogens (tertiary/aromatic N) is 2. The smallest absolute Gasteiger partial charge is 0.309 e. The Kier molecular flexibility index (Phi) is 4.43. The van der Waals surface area contributed by atoms with Crippen molar-refractivity contribution in [2.75, 3.05) is 6.54 Å². The van der Waals surface area contributed by atoms with Crippen LogP contribution in [0.3, 0.4) is 0 Å². The fourth-order valence-electron chi connectivity index (χ4n) is 2.44. The largest absolute Gasteiger partial charge is 0.417 e. The molecule has 0 bridgehead atoms. The maximum atomic E-state index is 13.1. The van der Waals surface area contributed by atoms with Gasteiger partial charge in [-0.3, -0.25) is 0 Å². The number of alkyl halides is 3. The van der Waals surface area contributed by atoms with E-state index in [0.29, 0.717) is 5.70 Å². The lowest BCUT2D eigenvalue weighted by atomic mass is 10.1. The molecule has 0 spiro atoms. The van der Waals surface area contributed by atoms with E-state index in [1.165, 1.54) is 6.07 Å². The second-order valence-electron chi connectivity index (χ2n) is 6.31. The van der Waals surface area contributed by atoms with E-state index < -0.39 is 32.2 Å². The molecular weight excluding hydrogens is 343 g/mol. The fourth-order valence-corrected chi connectivity index (χ4v) is 3.67. The van der Waals surface area contributed by atoms with Crippen LogP contribution in [0.4, 0.5) is 13.2 Å². The van der Waals surface area contributed by atoms with Gasteiger partial charge in [0.15, 0.2) is 0 Å². The van der Waals surface area contributed by atoms with E-state index in [1.807, 2.05) is 20.8 Å². The van der Waals surface area contributed by atoms with E-state index in [1.54, 1.807) is 4.90 Å². The van der Waals surface area contributed by atoms with Gasteiger partial charge in [-0.05, 0) is 32.9 Å². The molecule has 0 aromatic heterocycles. The van der Waals surface area contributed by atoms with Crippen molar-refractivity contribution < 1.29 is 21.6 Å². The van der Waals surface area contributed by atoms with Crippen LogP contribution in [0.5, 0.6) is 0 Å². The van der Waals surface area contributed by atoms with Crippen LogP contribution < -0.4 is 4.72 Å². The van der Waals surface area contributed by atoms with Gasteiger partial charge in [-0.25, -0.2) is 18.1 Å². The number of rotatable bonds is 2. The number of hydrogen-bond acceptors (Lipinski definition) is 4. The molecule has 0 saturated heterocycles. The van der Waals surface area contributed by atoms with Gasteiger partial charge >= 0.3 is 6.18 Å². The van der Waals surface area contributed by atoms with Crippen molar-refractivity contribution in [3.05, 3.63) is 42.1 Å². The van der Waals surface area contributed by atoms with Crippen molar-refractivity contribution in [2.45, 2.75) is 37.4 Å². The maximum Gasteiger partial charge on any atom is 0.417 e. The Hall–Kier alpha value is -2.03. The number of benzene rings is 1. The molecule has 1 aromatic rings. The molecule has 1 aliphatic heterocycles. The summed E-state index contributed by atoms with van der Waals surface area (Å²) in [6, 6.07) is 4.02. The molecule has 0 radical (unpaired) electrons. The van der Waals surface area contributed by atoms with Gasteiger partial charge in [-0.1, -0.05) is 18.7 Å². The van der Waals surface area contributed by atoms with Crippen molar-refractivity contribution in [3.8, 4) is 0 Å². The van der Waals surface area contributed by atoms with E-state index >= 15 is 0 Å². The Morgan fingerprint density at radius 2 is 1.79 bits per heavy atom. The van der Waals surface area contributed by atoms with Crippen LogP contribution >= 0.6 is 0 Å². The topological polar surface area (TPSA) is 61.8 Å². The minimum Gasteiger partial charge on any atom is -0.309 e. The molecule has 0 saturated carbocycles. The summed E-state index contributed by atoms with van der Waals surface area (Å²) < 4.78 is 66.4. The Morgan fingerprint density at radius 1 is 1.21 bits per heavy atom. The van der Waals surface area contributed by atoms with Crippen LogP contribution in [0, 0.1) is 0 Å². The lowest BCUT2D eigenvalue weighted by Gasteiger charge is -2.35. The van der Waals surface area contributed by atoms with E-state index in [2.05, 4.69) is 16.3 Å². The highest BCUT2D eigenvalue weighted by atomic mass is 32.2. The first-order valence-corrected chi connectivity index (χ1v) is 8.54. The first kappa shape index (κ1) is 18.3. The zero-order chi connectivity index (χ0) is 18.3. The second kappa shape index (κ2) is 5.80. The molecule has 1 aromatic carbocycles. The molecule has 132 valence electrons. The number of nitrogens with one attached hydrogen (secondary N) is 1. The first-order valence-electron chi connectivity index (χ1n) is 7.05. The monoisotopic (exact) mass is 361 g/mol. The SMILES string of the molecule is C=C1CN=C(NS(=O)(=O)c2ccccc2C(F)(F)F)N1C(C)(C)C. The molecule has 0 unspecified atom stereocenters. The first-order chi connectivity index (χ1) is 10.8. The second-order valence-corrected chi connectivity index (χ2v) is 7.96. The molecule has 1 heterocycles. The third-order valence-electron chi connectivity index (χ3n) is 3.32. The third kappa shape index (κ3) is 3.55. The predicted molar refractivity (Wildman–Crippen MR) is 84.8 cm³/mol. The number of halogens is 3. The molecule has 0 atom stereocenters. The lowest BCUT2D eigenvalue weighted by Crippen LogP contribution is -2.49. The zero-order valence-corrected chi connectivity index (χ0v) is 14.3. The van der Waals surface area contributed by atoms with Gasteiger partial charge in [0, 0.05) is 11.2 Å². The van der Waals surface area contributed by atoms with Crippen LogP contribution in [0.25, 0.3) is 0 Å². The minimum atomic E-state index is -4.78. The van der Waals surface area contributed by atoms with Gasteiger partial charge in [0.2, 0.25) is 5.96 Å². The van der Waals surface area contributed by atoms with E-state index in [0.717, 1.165) is 18.2 Å². The number of guanidine groups is 1. The van der Waals surface area contributed by atoms with E-state index in [4.69, 9.17) is 0 Å². The van der Waals surface area contributed by atoms with Crippen molar-refractivity contribution >= 4 is 16.0 Å². The Morgan fingerprint density at radius 3 is 2.33 bits per heavy atom. The molecule has 0 amide bonds. The highest BCUT2D eigenvalue weighted by Gasteiger charge is 2.39. The van der Waals surface area contributed by atoms with Gasteiger partial charge in [-0.2, -0.15) is 13.2 Å². The summed E-state index contributed by atoms with van der Waals surface area (Å²) in [5.74, 6) is -0.0375. The Bertz CT molecular complexity index is 793. The average Bonchev–Trinajstić information content (AvgIpc) is 2.78. The average molecular weight is 361 g/mol. The lowest BCUT2D eigenvalue weighted by molar-refractivity contribution is -0.139. The number of sulfonamides is 1. The highest BCUT2D eigenvalue weighted by Crippen LogP contribution is 2.34. The summed E-state index contributed by atoms with van der Waals surface area (Å²) in [6.07, 6.45) is -4.78. The summed E-state index contributed by atoms with van der Waals surface area (Å²) in [6.45, 7) is 9.43. The molecule has 0 aliphatic carbocycles. The van der Waals surface area contributed by atoms with Crippen molar-refractivity contribution in [1.29, 1.82) is 0 Å². The molecule has 0 fully saturated rings. The predicted octanol–water partition coefficient (Wildman–Crippen LogP) is 2.97. The van der Waals surface area contributed by atoms with Crippen LogP contribution in [0.2, 0.25) is 0 Å². The van der Waals surface area contributed by atoms with Gasteiger partial charge in [0.25, 0.3) is 10.0 Å². The summed E-state index contributed by atoms with van der Waals surface area (Å²) in [7, 11) is -4.46. The molecule has 1 N–H and O–H groups in total. The van der Waals surface area contributed by atoms with Crippen molar-refractivity contribution in [2.24, 2.45) is 4.99 Å². The number of aliphatic imine (C=N–C) groups is 1. The van der Waals surface area contributed by atoms with Gasteiger partial charge in [0.05, 0.1) is 17.0 Å². The Balaban J connectivity index is 2.43. The fraction of sp³-hybridized carbons (Fsp3) is 0.400. The van der Waals surface area contributed by atoms with Crippen LogP contribution in [0.1, 0.15) is 26.3 Å². The van der Waals surface area contributed by atoms with Gasteiger partial charge in [-0.15, -0.1) is 0 Å². The number of hydrogen-bond donors (Lipinski definition) is 1. The highest BCUT2D eigenvalue weighted by molar-refractivity contribution is 7.90. The van der Waals surface area contributed by atoms with Crippen LogP contribution in [0.15, 0.2) is 46.4 Å². The zero-order valence-electron chi connectivity index (χ0n) is 13.5. The maximum absolute atomic E-state index is 13.1. The molecule has 1 aliphatic rings. The summed E-state index contributed by atoms with van der Waals surface area (Å²) >= 11 is 0. The van der Waals surface area contributed by atoms with E-state index in [9.17, 15) is 21.6 Å². The van der Waals surface area contributed by atoms with Gasteiger partial charge < -0.3 is 4.90 Å². The molecule has 2 rings (SSSR count). The molecule has 24 heavy (non-hydrogen) atoms. The van der Waals surface area contributed by atoms with E-state index in [-0.39, 0.29) is 12.5 Å². The van der Waals surface area contributed by atoms with Gasteiger partial charge in [0.1, 0.15) is 0 Å². The van der Waals surface area contributed by atoms with Crippen LogP contribution in [-0.4, -0.2) is 31.4 Å². The Labute approximate surface area is 138 Å². The standard InChI is InChI=1S/C15H18F3N3O2S/c1-10-9-19-13(21(10)14(2,3)4)20-24(22,23)12-8-6-5-7-11(12)15(16,17)18/h5-8H,1,9H2,2-4H3,(H,19,20). The normalized spacial score (nSPS) is 16.3. The van der Waals surface area contributed by atoms with Crippen LogP contribution in [-0.2, 0) is 16.2 Å². The minimum absolute atomic E-state index is 0.0375.